The zero-order valence-corrected chi connectivity index (χ0v) is 14.8. The quantitative estimate of drug-likeness (QED) is 0.376. The number of anilines is 1. The van der Waals surface area contributed by atoms with E-state index >= 15 is 0 Å². The maximum atomic E-state index is 12.0. The summed E-state index contributed by atoms with van der Waals surface area (Å²) >= 11 is 0. The smallest absolute Gasteiger partial charge is 0.374 e. The Balaban J connectivity index is 1.55. The summed E-state index contributed by atoms with van der Waals surface area (Å²) in [5.41, 5.74) is 0.463. The zero-order chi connectivity index (χ0) is 20.1. The van der Waals surface area contributed by atoms with Crippen LogP contribution in [0.4, 0.5) is 11.4 Å². The van der Waals surface area contributed by atoms with Crippen molar-refractivity contribution in [3.8, 4) is 0 Å². The number of esters is 1. The number of nitro benzene ring substituents is 1. The second kappa shape index (κ2) is 8.16. The van der Waals surface area contributed by atoms with E-state index in [1.807, 2.05) is 0 Å². The van der Waals surface area contributed by atoms with Crippen molar-refractivity contribution in [1.82, 2.24) is 9.78 Å². The molecule has 2 aromatic heterocycles. The minimum absolute atomic E-state index is 0.0242. The molecule has 0 spiro atoms. The van der Waals surface area contributed by atoms with Crippen LogP contribution in [0.15, 0.2) is 53.2 Å². The van der Waals surface area contributed by atoms with E-state index < -0.39 is 23.4 Å². The number of carbonyl (C=O) groups excluding carboxylic acids is 2. The largest absolute Gasteiger partial charge is 0.452 e. The Hall–Kier alpha value is -3.95. The molecule has 3 aromatic rings. The molecule has 0 aliphatic rings. The molecule has 0 bridgehead atoms. The lowest BCUT2D eigenvalue weighted by atomic mass is 10.2. The van der Waals surface area contributed by atoms with E-state index in [1.165, 1.54) is 18.2 Å². The van der Waals surface area contributed by atoms with Crippen molar-refractivity contribution in [2.75, 3.05) is 11.9 Å². The van der Waals surface area contributed by atoms with Crippen LogP contribution in [0, 0.1) is 17.0 Å². The van der Waals surface area contributed by atoms with E-state index in [2.05, 4.69) is 10.4 Å². The number of hydrogen-bond acceptors (Lipinski definition) is 7. The molecule has 10 nitrogen and oxygen atoms in total. The topological polar surface area (TPSA) is 130 Å². The first-order valence-electron chi connectivity index (χ1n) is 8.20. The Morgan fingerprint density at radius 2 is 2.14 bits per heavy atom. The predicted molar refractivity (Wildman–Crippen MR) is 96.8 cm³/mol. The van der Waals surface area contributed by atoms with E-state index in [0.717, 1.165) is 0 Å². The van der Waals surface area contributed by atoms with Crippen LogP contribution in [-0.4, -0.2) is 33.2 Å². The van der Waals surface area contributed by atoms with E-state index in [1.54, 1.807) is 42.2 Å². The van der Waals surface area contributed by atoms with E-state index in [4.69, 9.17) is 9.15 Å². The van der Waals surface area contributed by atoms with E-state index in [0.29, 0.717) is 17.9 Å². The minimum atomic E-state index is -0.819. The maximum absolute atomic E-state index is 12.0. The lowest BCUT2D eigenvalue weighted by Gasteiger charge is -2.07. The Morgan fingerprint density at radius 1 is 1.32 bits per heavy atom. The average Bonchev–Trinajstić information content (AvgIpc) is 3.33. The van der Waals surface area contributed by atoms with Gasteiger partial charge in [-0.15, -0.1) is 0 Å². The molecule has 0 fully saturated rings. The van der Waals surface area contributed by atoms with Gasteiger partial charge in [0.2, 0.25) is 5.76 Å². The van der Waals surface area contributed by atoms with Gasteiger partial charge in [0.1, 0.15) is 11.4 Å². The molecule has 0 atom stereocenters. The molecule has 0 aliphatic heterocycles. The summed E-state index contributed by atoms with van der Waals surface area (Å²) in [5.74, 6) is -1.09. The van der Waals surface area contributed by atoms with Gasteiger partial charge in [0, 0.05) is 18.5 Å². The third kappa shape index (κ3) is 4.61. The summed E-state index contributed by atoms with van der Waals surface area (Å²) in [5, 5.41) is 17.5. The number of hydrogen-bond donors (Lipinski definition) is 1. The summed E-state index contributed by atoms with van der Waals surface area (Å²) in [6.45, 7) is 1.43. The van der Waals surface area contributed by atoms with Crippen LogP contribution in [0.5, 0.6) is 0 Å². The van der Waals surface area contributed by atoms with Gasteiger partial charge in [-0.1, -0.05) is 6.07 Å². The van der Waals surface area contributed by atoms with Gasteiger partial charge in [0.25, 0.3) is 11.6 Å². The average molecular weight is 384 g/mol. The third-order valence-corrected chi connectivity index (χ3v) is 3.70. The van der Waals surface area contributed by atoms with Gasteiger partial charge in [0.15, 0.2) is 6.61 Å². The van der Waals surface area contributed by atoms with E-state index in [9.17, 15) is 19.7 Å². The summed E-state index contributed by atoms with van der Waals surface area (Å²) in [6, 6.07) is 9.18. The molecule has 0 aliphatic carbocycles. The Bertz CT molecular complexity index is 1010. The maximum Gasteiger partial charge on any atom is 0.374 e. The summed E-state index contributed by atoms with van der Waals surface area (Å²) in [6.07, 6.45) is 3.37. The molecular weight excluding hydrogens is 368 g/mol. The fourth-order valence-electron chi connectivity index (χ4n) is 2.41. The molecule has 1 N–H and O–H groups in total. The Kier molecular flexibility index (Phi) is 5.49. The lowest BCUT2D eigenvalue weighted by molar-refractivity contribution is -0.384. The molecule has 0 saturated heterocycles. The number of benzene rings is 1. The number of amides is 1. The van der Waals surface area contributed by atoms with Gasteiger partial charge < -0.3 is 14.5 Å². The third-order valence-electron chi connectivity index (χ3n) is 3.70. The monoisotopic (exact) mass is 384 g/mol. The zero-order valence-electron chi connectivity index (χ0n) is 14.8. The molecule has 10 heteroatoms. The van der Waals surface area contributed by atoms with Crippen molar-refractivity contribution >= 4 is 23.3 Å². The molecule has 1 aromatic carbocycles. The molecule has 2 heterocycles. The standard InChI is InChI=1S/C18H16N4O6/c1-12-3-5-14(15(9-12)22(25)26)20-17(23)11-27-18(24)16-6-4-13(28-16)10-21-8-2-7-19-21/h2-9H,10-11H2,1H3,(H,20,23). The predicted octanol–water partition coefficient (Wildman–Crippen LogP) is 2.54. The van der Waals surface area contributed by atoms with Gasteiger partial charge in [0.05, 0.1) is 11.5 Å². The van der Waals surface area contributed by atoms with Crippen molar-refractivity contribution in [2.45, 2.75) is 13.5 Å². The van der Waals surface area contributed by atoms with Crippen molar-refractivity contribution in [1.29, 1.82) is 0 Å². The molecular formula is C18H16N4O6. The fraction of sp³-hybridized carbons (Fsp3) is 0.167. The van der Waals surface area contributed by atoms with Crippen molar-refractivity contribution in [3.63, 3.8) is 0 Å². The van der Waals surface area contributed by atoms with Crippen LogP contribution >= 0.6 is 0 Å². The highest BCUT2D eigenvalue weighted by Gasteiger charge is 2.18. The number of carbonyl (C=O) groups is 2. The van der Waals surface area contributed by atoms with Gasteiger partial charge in [-0.3, -0.25) is 19.6 Å². The van der Waals surface area contributed by atoms with Crippen LogP contribution in [0.1, 0.15) is 21.9 Å². The minimum Gasteiger partial charge on any atom is -0.452 e. The number of nitro groups is 1. The first kappa shape index (κ1) is 18.8. The van der Waals surface area contributed by atoms with Crippen molar-refractivity contribution in [2.24, 2.45) is 0 Å². The van der Waals surface area contributed by atoms with Gasteiger partial charge in [-0.05, 0) is 36.8 Å². The van der Waals surface area contributed by atoms with Crippen molar-refractivity contribution < 1.29 is 23.7 Å². The van der Waals surface area contributed by atoms with Crippen LogP contribution in [0.2, 0.25) is 0 Å². The molecule has 0 saturated carbocycles. The Labute approximate surface area is 158 Å². The Morgan fingerprint density at radius 3 is 2.86 bits per heavy atom. The molecule has 28 heavy (non-hydrogen) atoms. The van der Waals surface area contributed by atoms with E-state index in [-0.39, 0.29) is 17.1 Å². The molecule has 0 radical (unpaired) electrons. The molecule has 144 valence electrons. The number of nitrogens with zero attached hydrogens (tertiary/aromatic N) is 3. The fourth-order valence-corrected chi connectivity index (χ4v) is 2.41. The summed E-state index contributed by atoms with van der Waals surface area (Å²) < 4.78 is 11.9. The normalized spacial score (nSPS) is 10.5. The number of aromatic nitrogens is 2. The summed E-state index contributed by atoms with van der Waals surface area (Å²) in [7, 11) is 0. The van der Waals surface area contributed by atoms with Crippen LogP contribution < -0.4 is 5.32 Å². The molecule has 0 unspecified atom stereocenters. The summed E-state index contributed by atoms with van der Waals surface area (Å²) in [4.78, 5) is 34.5. The second-order valence-corrected chi connectivity index (χ2v) is 5.87. The number of rotatable bonds is 7. The van der Waals surface area contributed by atoms with Crippen LogP contribution in [-0.2, 0) is 16.1 Å². The van der Waals surface area contributed by atoms with Crippen LogP contribution in [0.25, 0.3) is 0 Å². The number of ether oxygens (including phenoxy) is 1. The lowest BCUT2D eigenvalue weighted by Crippen LogP contribution is -2.21. The number of nitrogens with one attached hydrogen (secondary N) is 1. The highest BCUT2D eigenvalue weighted by Crippen LogP contribution is 2.25. The van der Waals surface area contributed by atoms with Gasteiger partial charge in [-0.2, -0.15) is 5.10 Å². The number of aryl methyl sites for hydroxylation is 1. The highest BCUT2D eigenvalue weighted by atomic mass is 16.6. The van der Waals surface area contributed by atoms with Crippen molar-refractivity contribution in [3.05, 3.63) is 76.0 Å². The SMILES string of the molecule is Cc1ccc(NC(=O)COC(=O)c2ccc(Cn3cccn3)o2)c([N+](=O)[O-])c1. The first-order chi connectivity index (χ1) is 13.4. The highest BCUT2D eigenvalue weighted by molar-refractivity contribution is 5.96. The van der Waals surface area contributed by atoms with Gasteiger partial charge >= 0.3 is 5.97 Å². The van der Waals surface area contributed by atoms with Gasteiger partial charge in [-0.25, -0.2) is 4.79 Å². The first-order valence-corrected chi connectivity index (χ1v) is 8.20. The molecule has 3 rings (SSSR count). The molecule has 1 amide bonds. The van der Waals surface area contributed by atoms with Crippen LogP contribution in [0.3, 0.4) is 0 Å². The second-order valence-electron chi connectivity index (χ2n) is 5.87. The number of furan rings is 1.